The fourth-order valence-electron chi connectivity index (χ4n) is 3.71. The van der Waals surface area contributed by atoms with Crippen LogP contribution in [0.4, 0.5) is 0 Å². The maximum atomic E-state index is 12.6. The summed E-state index contributed by atoms with van der Waals surface area (Å²) in [5, 5.41) is 0. The number of piperazine rings is 1. The molecular formula is C19H29N3O4S. The Bertz CT molecular complexity index is 723. The lowest BCUT2D eigenvalue weighted by Gasteiger charge is -2.38. The zero-order valence-electron chi connectivity index (χ0n) is 16.1. The maximum Gasteiger partial charge on any atom is 0.236 e. The normalized spacial score (nSPS) is 25.5. The summed E-state index contributed by atoms with van der Waals surface area (Å²) in [5.74, 6) is 0.119. The molecular weight excluding hydrogens is 366 g/mol. The summed E-state index contributed by atoms with van der Waals surface area (Å²) in [4.78, 5) is 16.5. The predicted molar refractivity (Wildman–Crippen MR) is 104 cm³/mol. The van der Waals surface area contributed by atoms with Crippen LogP contribution in [0, 0.1) is 0 Å². The highest BCUT2D eigenvalue weighted by Crippen LogP contribution is 2.15. The number of sulfonamides is 1. The summed E-state index contributed by atoms with van der Waals surface area (Å²) in [6, 6.07) is 9.24. The standard InChI is InChI=1S/C19H29N3O4S/c1-16-12-21(13-17(2)26-16)19(23)14-20-8-10-22(11-9-20)27(24,25)15-18-6-4-3-5-7-18/h3-7,16-17H,8-15H2,1-2H3/t16-,17+. The van der Waals surface area contributed by atoms with Crippen molar-refractivity contribution in [2.45, 2.75) is 31.8 Å². The van der Waals surface area contributed by atoms with Crippen LogP contribution in [-0.2, 0) is 25.3 Å². The second kappa shape index (κ2) is 8.68. The molecule has 0 spiro atoms. The van der Waals surface area contributed by atoms with Gasteiger partial charge in [0.05, 0.1) is 24.5 Å². The highest BCUT2D eigenvalue weighted by atomic mass is 32.2. The van der Waals surface area contributed by atoms with Crippen LogP contribution in [0.25, 0.3) is 0 Å². The molecule has 0 bridgehead atoms. The minimum atomic E-state index is -3.33. The van der Waals surface area contributed by atoms with Crippen molar-refractivity contribution in [2.24, 2.45) is 0 Å². The van der Waals surface area contributed by atoms with Crippen LogP contribution in [0.15, 0.2) is 30.3 Å². The lowest BCUT2D eigenvalue weighted by atomic mass is 10.2. The van der Waals surface area contributed by atoms with E-state index in [1.807, 2.05) is 54.0 Å². The summed E-state index contributed by atoms with van der Waals surface area (Å²) in [5.41, 5.74) is 0.797. The second-order valence-corrected chi connectivity index (χ2v) is 9.44. The number of morpholine rings is 1. The number of benzene rings is 1. The van der Waals surface area contributed by atoms with Gasteiger partial charge in [-0.15, -0.1) is 0 Å². The molecule has 1 amide bonds. The Hall–Kier alpha value is -1.48. The molecule has 0 radical (unpaired) electrons. The van der Waals surface area contributed by atoms with E-state index in [4.69, 9.17) is 4.74 Å². The van der Waals surface area contributed by atoms with Crippen molar-refractivity contribution in [3.05, 3.63) is 35.9 Å². The van der Waals surface area contributed by atoms with Gasteiger partial charge in [0.2, 0.25) is 15.9 Å². The van der Waals surface area contributed by atoms with Crippen molar-refractivity contribution < 1.29 is 17.9 Å². The summed E-state index contributed by atoms with van der Waals surface area (Å²) in [6.45, 7) is 7.55. The first-order valence-electron chi connectivity index (χ1n) is 9.51. The highest BCUT2D eigenvalue weighted by Gasteiger charge is 2.30. The lowest BCUT2D eigenvalue weighted by molar-refractivity contribution is -0.144. The van der Waals surface area contributed by atoms with Crippen molar-refractivity contribution in [1.82, 2.24) is 14.1 Å². The molecule has 0 unspecified atom stereocenters. The van der Waals surface area contributed by atoms with Gasteiger partial charge in [-0.25, -0.2) is 8.42 Å². The van der Waals surface area contributed by atoms with E-state index in [2.05, 4.69) is 0 Å². The number of ether oxygens (including phenoxy) is 1. The lowest BCUT2D eigenvalue weighted by Crippen LogP contribution is -2.54. The fraction of sp³-hybridized carbons (Fsp3) is 0.632. The van der Waals surface area contributed by atoms with Crippen molar-refractivity contribution in [2.75, 3.05) is 45.8 Å². The minimum Gasteiger partial charge on any atom is -0.372 e. The molecule has 2 heterocycles. The molecule has 2 saturated heterocycles. The first kappa shape index (κ1) is 20.3. The summed E-state index contributed by atoms with van der Waals surface area (Å²) in [7, 11) is -3.33. The van der Waals surface area contributed by atoms with Gasteiger partial charge in [0, 0.05) is 39.3 Å². The van der Waals surface area contributed by atoms with Crippen molar-refractivity contribution in [1.29, 1.82) is 0 Å². The Labute approximate surface area is 161 Å². The fourth-order valence-corrected chi connectivity index (χ4v) is 5.23. The summed E-state index contributed by atoms with van der Waals surface area (Å²) in [6.07, 6.45) is 0.107. The van der Waals surface area contributed by atoms with Crippen LogP contribution < -0.4 is 0 Å². The number of nitrogens with zero attached hydrogens (tertiary/aromatic N) is 3. The number of carbonyl (C=O) groups is 1. The van der Waals surface area contributed by atoms with Crippen LogP contribution in [0.2, 0.25) is 0 Å². The molecule has 2 aliphatic heterocycles. The van der Waals surface area contributed by atoms with Gasteiger partial charge in [-0.05, 0) is 19.4 Å². The molecule has 150 valence electrons. The van der Waals surface area contributed by atoms with E-state index in [9.17, 15) is 13.2 Å². The van der Waals surface area contributed by atoms with Gasteiger partial charge < -0.3 is 9.64 Å². The second-order valence-electron chi connectivity index (χ2n) is 7.47. The highest BCUT2D eigenvalue weighted by molar-refractivity contribution is 7.88. The molecule has 0 saturated carbocycles. The third-order valence-electron chi connectivity index (χ3n) is 5.05. The van der Waals surface area contributed by atoms with Gasteiger partial charge >= 0.3 is 0 Å². The van der Waals surface area contributed by atoms with Crippen LogP contribution in [0.5, 0.6) is 0 Å². The summed E-state index contributed by atoms with van der Waals surface area (Å²) >= 11 is 0. The molecule has 0 N–H and O–H groups in total. The van der Waals surface area contributed by atoms with Gasteiger partial charge in [0.25, 0.3) is 0 Å². The van der Waals surface area contributed by atoms with E-state index < -0.39 is 10.0 Å². The third kappa shape index (κ3) is 5.51. The van der Waals surface area contributed by atoms with Gasteiger partial charge in [0.1, 0.15) is 0 Å². The first-order chi connectivity index (χ1) is 12.8. The quantitative estimate of drug-likeness (QED) is 0.737. The Morgan fingerprint density at radius 1 is 1.04 bits per heavy atom. The van der Waals surface area contributed by atoms with E-state index in [1.54, 1.807) is 4.31 Å². The van der Waals surface area contributed by atoms with Crippen molar-refractivity contribution in [3.8, 4) is 0 Å². The third-order valence-corrected chi connectivity index (χ3v) is 6.90. The molecule has 27 heavy (non-hydrogen) atoms. The Morgan fingerprint density at radius 2 is 1.63 bits per heavy atom. The molecule has 3 rings (SSSR count). The van der Waals surface area contributed by atoms with E-state index in [0.29, 0.717) is 45.8 Å². The van der Waals surface area contributed by atoms with E-state index in [1.165, 1.54) is 0 Å². The first-order valence-corrected chi connectivity index (χ1v) is 11.1. The van der Waals surface area contributed by atoms with Crippen LogP contribution >= 0.6 is 0 Å². The Kier molecular flexibility index (Phi) is 6.52. The van der Waals surface area contributed by atoms with Gasteiger partial charge in [-0.1, -0.05) is 30.3 Å². The number of hydrogen-bond acceptors (Lipinski definition) is 5. The van der Waals surface area contributed by atoms with E-state index in [0.717, 1.165) is 5.56 Å². The number of amides is 1. The molecule has 0 aliphatic carbocycles. The monoisotopic (exact) mass is 395 g/mol. The number of hydrogen-bond donors (Lipinski definition) is 0. The Balaban J connectivity index is 1.49. The van der Waals surface area contributed by atoms with Crippen LogP contribution in [0.3, 0.4) is 0 Å². The topological polar surface area (TPSA) is 70.2 Å². The van der Waals surface area contributed by atoms with E-state index in [-0.39, 0.29) is 23.9 Å². The predicted octanol–water partition coefficient (Wildman–Crippen LogP) is 0.770. The van der Waals surface area contributed by atoms with Gasteiger partial charge in [0.15, 0.2) is 0 Å². The minimum absolute atomic E-state index is 0.0241. The van der Waals surface area contributed by atoms with Gasteiger partial charge in [-0.3, -0.25) is 9.69 Å². The number of rotatable bonds is 5. The van der Waals surface area contributed by atoms with Crippen LogP contribution in [-0.4, -0.2) is 86.5 Å². The smallest absolute Gasteiger partial charge is 0.236 e. The zero-order valence-corrected chi connectivity index (χ0v) is 16.9. The molecule has 2 fully saturated rings. The van der Waals surface area contributed by atoms with E-state index >= 15 is 0 Å². The molecule has 8 heteroatoms. The molecule has 0 aromatic heterocycles. The molecule has 2 aliphatic rings. The van der Waals surface area contributed by atoms with Crippen LogP contribution in [0.1, 0.15) is 19.4 Å². The molecule has 1 aromatic carbocycles. The molecule has 1 aromatic rings. The average molecular weight is 396 g/mol. The molecule has 7 nitrogen and oxygen atoms in total. The molecule has 2 atom stereocenters. The zero-order chi connectivity index (χ0) is 19.4. The average Bonchev–Trinajstić information content (AvgIpc) is 2.62. The van der Waals surface area contributed by atoms with Crippen molar-refractivity contribution >= 4 is 15.9 Å². The summed E-state index contributed by atoms with van der Waals surface area (Å²) < 4.78 is 32.5. The number of carbonyl (C=O) groups excluding carboxylic acids is 1. The largest absolute Gasteiger partial charge is 0.372 e. The maximum absolute atomic E-state index is 12.6. The Morgan fingerprint density at radius 3 is 2.22 bits per heavy atom. The van der Waals surface area contributed by atoms with Crippen molar-refractivity contribution in [3.63, 3.8) is 0 Å². The SMILES string of the molecule is C[C@@H]1CN(C(=O)CN2CCN(S(=O)(=O)Cc3ccccc3)CC2)C[C@H](C)O1. The van der Waals surface area contributed by atoms with Gasteiger partial charge in [-0.2, -0.15) is 4.31 Å².